The Hall–Kier alpha value is -0.650. The van der Waals surface area contributed by atoms with Crippen LogP contribution in [0.1, 0.15) is 13.3 Å². The second-order valence-corrected chi connectivity index (χ2v) is 2.83. The van der Waals surface area contributed by atoms with Crippen LogP contribution < -0.4 is 5.73 Å². The van der Waals surface area contributed by atoms with Crippen molar-refractivity contribution in [3.05, 3.63) is 0 Å². The number of hydrogen-bond acceptors (Lipinski definition) is 5. The Kier molecular flexibility index (Phi) is 6.48. The van der Waals surface area contributed by atoms with Crippen molar-refractivity contribution in [3.8, 4) is 0 Å². The van der Waals surface area contributed by atoms with Crippen LogP contribution in [0.2, 0.25) is 0 Å². The van der Waals surface area contributed by atoms with Gasteiger partial charge in [-0.3, -0.25) is 4.79 Å². The number of ether oxygens (including phenoxy) is 1. The van der Waals surface area contributed by atoms with E-state index in [2.05, 4.69) is 4.74 Å². The van der Waals surface area contributed by atoms with Crippen LogP contribution in [0.3, 0.4) is 0 Å². The predicted octanol–water partition coefficient (Wildman–Crippen LogP) is -1.13. The molecule has 13 heavy (non-hydrogen) atoms. The van der Waals surface area contributed by atoms with Gasteiger partial charge in [0.2, 0.25) is 0 Å². The lowest BCUT2D eigenvalue weighted by molar-refractivity contribution is -0.145. The topological polar surface area (TPSA) is 92.8 Å². The first-order valence-electron chi connectivity index (χ1n) is 4.29. The Bertz CT molecular complexity index is 147. The van der Waals surface area contributed by atoms with E-state index in [0.717, 1.165) is 0 Å². The lowest BCUT2D eigenvalue weighted by Gasteiger charge is -2.15. The molecule has 0 heterocycles. The Labute approximate surface area is 77.5 Å². The van der Waals surface area contributed by atoms with Crippen molar-refractivity contribution in [3.63, 3.8) is 0 Å². The van der Waals surface area contributed by atoms with E-state index < -0.39 is 12.0 Å². The van der Waals surface area contributed by atoms with Crippen LogP contribution in [0.25, 0.3) is 0 Å². The average molecular weight is 191 g/mol. The van der Waals surface area contributed by atoms with Crippen molar-refractivity contribution in [2.24, 2.45) is 11.7 Å². The zero-order valence-electron chi connectivity index (χ0n) is 7.77. The van der Waals surface area contributed by atoms with Gasteiger partial charge in [-0.1, -0.05) is 0 Å². The summed E-state index contributed by atoms with van der Waals surface area (Å²) in [4.78, 5) is 11.0. The van der Waals surface area contributed by atoms with Crippen molar-refractivity contribution in [2.75, 3.05) is 19.8 Å². The Morgan fingerprint density at radius 2 is 2.00 bits per heavy atom. The molecule has 0 aliphatic heterocycles. The number of carbonyl (C=O) groups is 1. The van der Waals surface area contributed by atoms with E-state index in [1.807, 2.05) is 0 Å². The fraction of sp³-hybridized carbons (Fsp3) is 0.875. The van der Waals surface area contributed by atoms with Crippen LogP contribution in [-0.4, -0.2) is 42.0 Å². The van der Waals surface area contributed by atoms with Crippen molar-refractivity contribution in [2.45, 2.75) is 19.4 Å². The molecule has 4 N–H and O–H groups in total. The highest BCUT2D eigenvalue weighted by molar-refractivity contribution is 5.75. The van der Waals surface area contributed by atoms with E-state index in [1.165, 1.54) is 0 Å². The third-order valence-electron chi connectivity index (χ3n) is 1.69. The molecule has 0 aromatic rings. The second-order valence-electron chi connectivity index (χ2n) is 2.83. The van der Waals surface area contributed by atoms with E-state index in [0.29, 0.717) is 0 Å². The van der Waals surface area contributed by atoms with Crippen molar-refractivity contribution in [1.29, 1.82) is 0 Å². The molecule has 0 radical (unpaired) electrons. The summed E-state index contributed by atoms with van der Waals surface area (Å²) < 4.78 is 4.67. The fourth-order valence-corrected chi connectivity index (χ4v) is 0.911. The maximum Gasteiger partial charge on any atom is 0.322 e. The minimum Gasteiger partial charge on any atom is -0.465 e. The molecule has 1 atom stereocenters. The summed E-state index contributed by atoms with van der Waals surface area (Å²) in [5.74, 6) is -0.839. The molecule has 78 valence electrons. The summed E-state index contributed by atoms with van der Waals surface area (Å²) in [6, 6.07) is -0.760. The molecular weight excluding hydrogens is 174 g/mol. The first-order valence-corrected chi connectivity index (χ1v) is 4.29. The highest BCUT2D eigenvalue weighted by Crippen LogP contribution is 2.04. The molecule has 0 aromatic heterocycles. The van der Waals surface area contributed by atoms with E-state index >= 15 is 0 Å². The Morgan fingerprint density at radius 3 is 2.38 bits per heavy atom. The van der Waals surface area contributed by atoms with E-state index in [-0.39, 0.29) is 32.2 Å². The monoisotopic (exact) mass is 191 g/mol. The maximum absolute atomic E-state index is 11.0. The summed E-state index contributed by atoms with van der Waals surface area (Å²) in [6.45, 7) is 1.63. The van der Waals surface area contributed by atoms with Crippen molar-refractivity contribution in [1.82, 2.24) is 0 Å². The summed E-state index contributed by atoms with van der Waals surface area (Å²) >= 11 is 0. The maximum atomic E-state index is 11.0. The summed E-state index contributed by atoms with van der Waals surface area (Å²) in [5.41, 5.74) is 5.46. The quantitative estimate of drug-likeness (QED) is 0.462. The first kappa shape index (κ1) is 12.3. The van der Waals surface area contributed by atoms with Crippen LogP contribution in [0.15, 0.2) is 0 Å². The number of nitrogens with two attached hydrogens (primary N) is 1. The van der Waals surface area contributed by atoms with Crippen LogP contribution in [-0.2, 0) is 9.53 Å². The summed E-state index contributed by atoms with van der Waals surface area (Å²) in [6.07, 6.45) is 0.242. The predicted molar refractivity (Wildman–Crippen MR) is 46.9 cm³/mol. The molecule has 0 aliphatic rings. The summed E-state index contributed by atoms with van der Waals surface area (Å²) in [5, 5.41) is 17.4. The molecular formula is C8H17NO4. The Balaban J connectivity index is 3.82. The number of carbonyl (C=O) groups excluding carboxylic acids is 1. The van der Waals surface area contributed by atoms with Gasteiger partial charge in [0.1, 0.15) is 6.04 Å². The van der Waals surface area contributed by atoms with Gasteiger partial charge in [-0.25, -0.2) is 0 Å². The van der Waals surface area contributed by atoms with Crippen molar-refractivity contribution >= 4 is 5.97 Å². The lowest BCUT2D eigenvalue weighted by Crippen LogP contribution is -2.35. The molecule has 5 heteroatoms. The molecule has 0 saturated heterocycles. The van der Waals surface area contributed by atoms with Gasteiger partial charge in [-0.2, -0.15) is 0 Å². The third-order valence-corrected chi connectivity index (χ3v) is 1.69. The van der Waals surface area contributed by atoms with E-state index in [9.17, 15) is 4.79 Å². The van der Waals surface area contributed by atoms with Gasteiger partial charge in [0, 0.05) is 19.1 Å². The number of rotatable bonds is 6. The average Bonchev–Trinajstić information content (AvgIpc) is 2.14. The third kappa shape index (κ3) is 4.82. The van der Waals surface area contributed by atoms with Gasteiger partial charge in [0.05, 0.1) is 6.61 Å². The molecule has 0 amide bonds. The molecule has 0 unspecified atom stereocenters. The standard InChI is InChI=1S/C8H17NO4/c1-2-13-8(12)7(9)3-6(4-10)5-11/h6-7,10-11H,2-5,9H2,1H3/t7-/m0/s1. The normalized spacial score (nSPS) is 13.0. The number of aliphatic hydroxyl groups excluding tert-OH is 2. The van der Waals surface area contributed by atoms with Crippen LogP contribution in [0, 0.1) is 5.92 Å². The number of aliphatic hydroxyl groups is 2. The van der Waals surface area contributed by atoms with Gasteiger partial charge in [0.25, 0.3) is 0 Å². The van der Waals surface area contributed by atoms with Crippen LogP contribution in [0.5, 0.6) is 0 Å². The lowest BCUT2D eigenvalue weighted by atomic mass is 10.0. The molecule has 0 bridgehead atoms. The van der Waals surface area contributed by atoms with Crippen molar-refractivity contribution < 1.29 is 19.7 Å². The highest BCUT2D eigenvalue weighted by Gasteiger charge is 2.19. The molecule has 0 fully saturated rings. The zero-order chi connectivity index (χ0) is 10.3. The minimum absolute atomic E-state index is 0.177. The van der Waals surface area contributed by atoms with Gasteiger partial charge in [-0.15, -0.1) is 0 Å². The van der Waals surface area contributed by atoms with Gasteiger partial charge in [-0.05, 0) is 13.3 Å². The molecule has 5 nitrogen and oxygen atoms in total. The zero-order valence-corrected chi connectivity index (χ0v) is 7.77. The van der Waals surface area contributed by atoms with Gasteiger partial charge >= 0.3 is 5.97 Å². The van der Waals surface area contributed by atoms with Gasteiger partial charge in [0.15, 0.2) is 0 Å². The molecule has 0 aliphatic carbocycles. The summed E-state index contributed by atoms with van der Waals surface area (Å²) in [7, 11) is 0. The minimum atomic E-state index is -0.760. The first-order chi connectivity index (χ1) is 6.15. The van der Waals surface area contributed by atoms with Crippen LogP contribution >= 0.6 is 0 Å². The van der Waals surface area contributed by atoms with Gasteiger partial charge < -0.3 is 20.7 Å². The smallest absolute Gasteiger partial charge is 0.322 e. The number of hydrogen-bond donors (Lipinski definition) is 3. The molecule has 0 saturated carbocycles. The van der Waals surface area contributed by atoms with E-state index in [4.69, 9.17) is 15.9 Å². The largest absolute Gasteiger partial charge is 0.465 e. The molecule has 0 aromatic carbocycles. The van der Waals surface area contributed by atoms with Crippen LogP contribution in [0.4, 0.5) is 0 Å². The SMILES string of the molecule is CCOC(=O)[C@@H](N)CC(CO)CO. The Morgan fingerprint density at radius 1 is 1.46 bits per heavy atom. The second kappa shape index (κ2) is 6.82. The fourth-order valence-electron chi connectivity index (χ4n) is 0.911. The number of esters is 1. The van der Waals surface area contributed by atoms with E-state index in [1.54, 1.807) is 6.92 Å². The molecule has 0 spiro atoms. The molecule has 0 rings (SSSR count). The highest BCUT2D eigenvalue weighted by atomic mass is 16.5.